The Morgan fingerprint density at radius 1 is 1.26 bits per heavy atom. The Morgan fingerprint density at radius 3 is 2.78 bits per heavy atom. The van der Waals surface area contributed by atoms with Gasteiger partial charge in [-0.05, 0) is 31.0 Å². The van der Waals surface area contributed by atoms with Crippen LogP contribution in [0.2, 0.25) is 0 Å². The van der Waals surface area contributed by atoms with E-state index in [9.17, 15) is 5.26 Å². The first-order valence-electron chi connectivity index (χ1n) is 7.10. The van der Waals surface area contributed by atoms with Crippen LogP contribution in [0.4, 0.5) is 5.82 Å². The molecule has 0 aliphatic rings. The van der Waals surface area contributed by atoms with Crippen LogP contribution >= 0.6 is 0 Å². The van der Waals surface area contributed by atoms with Crippen molar-refractivity contribution in [3.8, 4) is 11.9 Å². The van der Waals surface area contributed by atoms with E-state index in [0.29, 0.717) is 17.9 Å². The zero-order valence-electron chi connectivity index (χ0n) is 12.9. The summed E-state index contributed by atoms with van der Waals surface area (Å²) in [4.78, 5) is 8.39. The average molecular weight is 305 g/mol. The van der Waals surface area contributed by atoms with Gasteiger partial charge in [0.2, 0.25) is 0 Å². The molecule has 0 bridgehead atoms. The molecular formula is C16H15N7. The third-order valence-electron chi connectivity index (χ3n) is 3.60. The van der Waals surface area contributed by atoms with Crippen molar-refractivity contribution >= 4 is 5.82 Å². The topological polar surface area (TPSA) is 92.3 Å². The first kappa shape index (κ1) is 14.7. The molecule has 23 heavy (non-hydrogen) atoms. The van der Waals surface area contributed by atoms with Gasteiger partial charge in [0, 0.05) is 25.1 Å². The maximum Gasteiger partial charge on any atom is 0.167 e. The van der Waals surface area contributed by atoms with Crippen LogP contribution in [0.5, 0.6) is 0 Å². The van der Waals surface area contributed by atoms with E-state index in [1.165, 1.54) is 0 Å². The van der Waals surface area contributed by atoms with E-state index >= 15 is 0 Å². The number of aromatic nitrogens is 5. The van der Waals surface area contributed by atoms with Crippen LogP contribution in [0.3, 0.4) is 0 Å². The lowest BCUT2D eigenvalue weighted by molar-refractivity contribution is 0.935. The summed E-state index contributed by atoms with van der Waals surface area (Å²) >= 11 is 0. The molecule has 7 heteroatoms. The molecule has 0 amide bonds. The molecule has 0 saturated carbocycles. The van der Waals surface area contributed by atoms with Crippen LogP contribution in [-0.4, -0.2) is 24.7 Å². The number of nitrogens with zero attached hydrogens (tertiary/aromatic N) is 6. The molecule has 0 atom stereocenters. The molecule has 7 nitrogen and oxygen atoms in total. The SMILES string of the molecule is Cc1nnc(NCc2ccc(-n3ccnc3)nc2)c(C#N)c1C. The predicted octanol–water partition coefficient (Wildman–Crippen LogP) is 2.16. The van der Waals surface area contributed by atoms with Crippen molar-refractivity contribution in [1.29, 1.82) is 5.26 Å². The third kappa shape index (κ3) is 3.01. The van der Waals surface area contributed by atoms with Crippen LogP contribution in [-0.2, 0) is 6.54 Å². The van der Waals surface area contributed by atoms with Gasteiger partial charge in [0.05, 0.1) is 5.69 Å². The highest BCUT2D eigenvalue weighted by atomic mass is 15.2. The number of hydrogen-bond donors (Lipinski definition) is 1. The number of rotatable bonds is 4. The maximum absolute atomic E-state index is 9.28. The van der Waals surface area contributed by atoms with E-state index in [0.717, 1.165) is 22.6 Å². The van der Waals surface area contributed by atoms with E-state index < -0.39 is 0 Å². The number of imidazole rings is 1. The zero-order chi connectivity index (χ0) is 16.2. The van der Waals surface area contributed by atoms with Crippen LogP contribution in [0.1, 0.15) is 22.4 Å². The number of nitrogens with one attached hydrogen (secondary N) is 1. The second-order valence-corrected chi connectivity index (χ2v) is 5.09. The number of aryl methyl sites for hydroxylation is 1. The minimum atomic E-state index is 0.495. The van der Waals surface area contributed by atoms with Crippen LogP contribution in [0.25, 0.3) is 5.82 Å². The molecule has 0 fully saturated rings. The lowest BCUT2D eigenvalue weighted by Gasteiger charge is -2.10. The number of pyridine rings is 1. The lowest BCUT2D eigenvalue weighted by Crippen LogP contribution is -2.08. The largest absolute Gasteiger partial charge is 0.363 e. The Bertz CT molecular complexity index is 845. The molecule has 0 aliphatic heterocycles. The summed E-state index contributed by atoms with van der Waals surface area (Å²) in [6.45, 7) is 4.23. The molecule has 3 heterocycles. The van der Waals surface area contributed by atoms with Gasteiger partial charge < -0.3 is 5.32 Å². The third-order valence-corrected chi connectivity index (χ3v) is 3.60. The van der Waals surface area contributed by atoms with Crippen molar-refractivity contribution in [2.24, 2.45) is 0 Å². The van der Waals surface area contributed by atoms with Crippen molar-refractivity contribution in [1.82, 2.24) is 24.7 Å². The minimum Gasteiger partial charge on any atom is -0.363 e. The van der Waals surface area contributed by atoms with Gasteiger partial charge in [0.1, 0.15) is 23.8 Å². The Labute approximate surface area is 133 Å². The molecule has 0 radical (unpaired) electrons. The summed E-state index contributed by atoms with van der Waals surface area (Å²) in [5.41, 5.74) is 3.12. The van der Waals surface area contributed by atoms with Gasteiger partial charge in [0.15, 0.2) is 5.82 Å². The van der Waals surface area contributed by atoms with Crippen molar-refractivity contribution in [2.45, 2.75) is 20.4 Å². The molecule has 0 unspecified atom stereocenters. The number of anilines is 1. The van der Waals surface area contributed by atoms with Crippen LogP contribution < -0.4 is 5.32 Å². The highest BCUT2D eigenvalue weighted by molar-refractivity contribution is 5.55. The minimum absolute atomic E-state index is 0.495. The fourth-order valence-corrected chi connectivity index (χ4v) is 2.12. The Hall–Kier alpha value is -3.27. The van der Waals surface area contributed by atoms with Gasteiger partial charge in [0.25, 0.3) is 0 Å². The van der Waals surface area contributed by atoms with Crippen LogP contribution in [0.15, 0.2) is 37.1 Å². The number of hydrogen-bond acceptors (Lipinski definition) is 6. The molecule has 3 rings (SSSR count). The monoisotopic (exact) mass is 305 g/mol. The van der Waals surface area contributed by atoms with Gasteiger partial charge in [-0.25, -0.2) is 9.97 Å². The molecule has 3 aromatic rings. The highest BCUT2D eigenvalue weighted by Crippen LogP contribution is 2.17. The van der Waals surface area contributed by atoms with Crippen molar-refractivity contribution in [3.63, 3.8) is 0 Å². The van der Waals surface area contributed by atoms with Gasteiger partial charge in [-0.15, -0.1) is 5.10 Å². The summed E-state index contributed by atoms with van der Waals surface area (Å²) in [6.07, 6.45) is 7.02. The molecule has 3 aromatic heterocycles. The standard InChI is InChI=1S/C16H15N7/c1-11-12(2)21-22-16(14(11)7-17)20-9-13-3-4-15(19-8-13)23-6-5-18-10-23/h3-6,8,10H,9H2,1-2H3,(H,20,22). The molecule has 0 saturated heterocycles. The highest BCUT2D eigenvalue weighted by Gasteiger charge is 2.10. The van der Waals surface area contributed by atoms with E-state index in [1.54, 1.807) is 18.7 Å². The van der Waals surface area contributed by atoms with Crippen molar-refractivity contribution in [2.75, 3.05) is 5.32 Å². The van der Waals surface area contributed by atoms with Gasteiger partial charge in [-0.3, -0.25) is 4.57 Å². The Morgan fingerprint density at radius 2 is 2.13 bits per heavy atom. The Balaban J connectivity index is 1.74. The maximum atomic E-state index is 9.28. The predicted molar refractivity (Wildman–Crippen MR) is 84.9 cm³/mol. The number of nitriles is 1. The summed E-state index contributed by atoms with van der Waals surface area (Å²) in [5, 5.41) is 20.6. The Kier molecular flexibility index (Phi) is 3.97. The van der Waals surface area contributed by atoms with Gasteiger partial charge in [-0.1, -0.05) is 6.07 Å². The normalized spacial score (nSPS) is 10.3. The molecule has 0 aliphatic carbocycles. The lowest BCUT2D eigenvalue weighted by atomic mass is 10.1. The molecule has 1 N–H and O–H groups in total. The molecule has 0 spiro atoms. The first-order valence-corrected chi connectivity index (χ1v) is 7.10. The fraction of sp³-hybridized carbons (Fsp3) is 0.188. The van der Waals surface area contributed by atoms with Crippen LogP contribution in [0, 0.1) is 25.2 Å². The zero-order valence-corrected chi connectivity index (χ0v) is 12.9. The summed E-state index contributed by atoms with van der Waals surface area (Å²) in [5.74, 6) is 1.30. The smallest absolute Gasteiger partial charge is 0.167 e. The van der Waals surface area contributed by atoms with E-state index in [2.05, 4.69) is 31.6 Å². The van der Waals surface area contributed by atoms with E-state index in [4.69, 9.17) is 0 Å². The van der Waals surface area contributed by atoms with Crippen molar-refractivity contribution in [3.05, 3.63) is 59.4 Å². The second kappa shape index (κ2) is 6.23. The van der Waals surface area contributed by atoms with Gasteiger partial charge in [-0.2, -0.15) is 10.4 Å². The average Bonchev–Trinajstić information content (AvgIpc) is 3.11. The van der Waals surface area contributed by atoms with Crippen molar-refractivity contribution < 1.29 is 0 Å². The first-order chi connectivity index (χ1) is 11.2. The van der Waals surface area contributed by atoms with Gasteiger partial charge >= 0.3 is 0 Å². The molecule has 114 valence electrons. The van der Waals surface area contributed by atoms with E-state index in [1.807, 2.05) is 36.7 Å². The second-order valence-electron chi connectivity index (χ2n) is 5.09. The summed E-state index contributed by atoms with van der Waals surface area (Å²) < 4.78 is 1.83. The quantitative estimate of drug-likeness (QED) is 0.794. The molecular weight excluding hydrogens is 290 g/mol. The summed E-state index contributed by atoms with van der Waals surface area (Å²) in [7, 11) is 0. The summed E-state index contributed by atoms with van der Waals surface area (Å²) in [6, 6.07) is 6.06. The molecule has 0 aromatic carbocycles. The fourth-order valence-electron chi connectivity index (χ4n) is 2.12. The van der Waals surface area contributed by atoms with E-state index in [-0.39, 0.29) is 0 Å².